The lowest BCUT2D eigenvalue weighted by Crippen LogP contribution is -2.23. The number of fused-ring (bicyclic) bond motifs is 1. The minimum atomic E-state index is -3.75. The first-order valence-electron chi connectivity index (χ1n) is 9.31. The van der Waals surface area contributed by atoms with Crippen molar-refractivity contribution in [1.82, 2.24) is 0 Å². The molecule has 1 aromatic heterocycles. The van der Waals surface area contributed by atoms with Crippen LogP contribution in [0, 0.1) is 0 Å². The van der Waals surface area contributed by atoms with Gasteiger partial charge in [0.15, 0.2) is 9.84 Å². The van der Waals surface area contributed by atoms with E-state index in [0.29, 0.717) is 10.6 Å². The van der Waals surface area contributed by atoms with E-state index < -0.39 is 27.5 Å². The summed E-state index contributed by atoms with van der Waals surface area (Å²) in [4.78, 5) is 26.2. The summed E-state index contributed by atoms with van der Waals surface area (Å²) >= 11 is 1.35. The number of carbonyl (C=O) groups excluding carboxylic acids is 2. The highest BCUT2D eigenvalue weighted by Crippen LogP contribution is 2.38. The third-order valence-corrected chi connectivity index (χ3v) is 7.42. The zero-order chi connectivity index (χ0) is 20.1. The predicted molar refractivity (Wildman–Crippen MR) is 109 cm³/mol. The Morgan fingerprint density at radius 1 is 1.11 bits per heavy atom. The first-order valence-corrected chi connectivity index (χ1v) is 11.8. The third-order valence-electron chi connectivity index (χ3n) is 4.58. The molecule has 1 aromatic carbocycles. The lowest BCUT2D eigenvalue weighted by atomic mass is 10.1. The summed E-state index contributed by atoms with van der Waals surface area (Å²) < 4.78 is 30.1. The molecular weight excluding hydrogens is 398 g/mol. The lowest BCUT2D eigenvalue weighted by Gasteiger charge is -2.09. The maximum atomic E-state index is 12.5. The van der Waals surface area contributed by atoms with Gasteiger partial charge in [0, 0.05) is 4.88 Å². The standard InChI is InChI=1S/C20H23NO5S2/c1-2-26-20(23)18-15-11-7-4-8-12-16(15)27-19(18)21-17(22)13-28(24,25)14-9-5-3-6-10-14/h3,5-6,9-10H,2,4,7-8,11-13H2,1H3,(H,21,22). The van der Waals surface area contributed by atoms with Crippen LogP contribution < -0.4 is 5.32 Å². The van der Waals surface area contributed by atoms with E-state index in [1.807, 2.05) is 0 Å². The van der Waals surface area contributed by atoms with Gasteiger partial charge in [-0.05, 0) is 50.3 Å². The van der Waals surface area contributed by atoms with Crippen LogP contribution in [-0.2, 0) is 32.2 Å². The summed E-state index contributed by atoms with van der Waals surface area (Å²) in [7, 11) is -3.75. The monoisotopic (exact) mass is 421 g/mol. The number of ether oxygens (including phenoxy) is 1. The number of hydrogen-bond acceptors (Lipinski definition) is 6. The second-order valence-electron chi connectivity index (χ2n) is 6.61. The summed E-state index contributed by atoms with van der Waals surface area (Å²) in [5, 5.41) is 3.04. The second kappa shape index (κ2) is 8.87. The zero-order valence-electron chi connectivity index (χ0n) is 15.7. The smallest absolute Gasteiger partial charge is 0.341 e. The summed E-state index contributed by atoms with van der Waals surface area (Å²) in [6, 6.07) is 7.85. The maximum absolute atomic E-state index is 12.5. The maximum Gasteiger partial charge on any atom is 0.341 e. The largest absolute Gasteiger partial charge is 0.462 e. The van der Waals surface area contributed by atoms with Crippen molar-refractivity contribution < 1.29 is 22.7 Å². The first kappa shape index (κ1) is 20.5. The fraction of sp³-hybridized carbons (Fsp3) is 0.400. The van der Waals surface area contributed by atoms with Crippen molar-refractivity contribution in [3.05, 3.63) is 46.3 Å². The van der Waals surface area contributed by atoms with Gasteiger partial charge < -0.3 is 10.1 Å². The number of sulfone groups is 1. The molecule has 150 valence electrons. The van der Waals surface area contributed by atoms with Crippen LogP contribution in [0.4, 0.5) is 5.00 Å². The number of aryl methyl sites for hydroxylation is 1. The number of hydrogen-bond donors (Lipinski definition) is 1. The molecule has 0 unspecified atom stereocenters. The summed E-state index contributed by atoms with van der Waals surface area (Å²) in [5.41, 5.74) is 1.32. The number of carbonyl (C=O) groups is 2. The van der Waals surface area contributed by atoms with E-state index in [1.165, 1.54) is 23.5 Å². The minimum Gasteiger partial charge on any atom is -0.462 e. The quantitative estimate of drug-likeness (QED) is 0.568. The molecular formula is C20H23NO5S2. The Balaban J connectivity index is 1.85. The molecule has 1 N–H and O–H groups in total. The zero-order valence-corrected chi connectivity index (χ0v) is 17.3. The van der Waals surface area contributed by atoms with E-state index in [9.17, 15) is 18.0 Å². The molecule has 8 heteroatoms. The van der Waals surface area contributed by atoms with Crippen molar-refractivity contribution in [2.24, 2.45) is 0 Å². The molecule has 0 saturated carbocycles. The van der Waals surface area contributed by atoms with Crippen molar-refractivity contribution in [3.8, 4) is 0 Å². The number of anilines is 1. The van der Waals surface area contributed by atoms with Crippen LogP contribution >= 0.6 is 11.3 Å². The molecule has 1 amide bonds. The molecule has 0 bridgehead atoms. The Kier molecular flexibility index (Phi) is 6.51. The number of thiophene rings is 1. The van der Waals surface area contributed by atoms with Crippen molar-refractivity contribution in [1.29, 1.82) is 0 Å². The van der Waals surface area contributed by atoms with Gasteiger partial charge in [-0.1, -0.05) is 24.6 Å². The molecule has 1 aliphatic rings. The van der Waals surface area contributed by atoms with Gasteiger partial charge >= 0.3 is 5.97 Å². The number of rotatable bonds is 6. The molecule has 0 saturated heterocycles. The van der Waals surface area contributed by atoms with Crippen LogP contribution in [-0.4, -0.2) is 32.7 Å². The minimum absolute atomic E-state index is 0.0951. The number of nitrogens with one attached hydrogen (secondary N) is 1. The Morgan fingerprint density at radius 3 is 2.54 bits per heavy atom. The molecule has 2 aromatic rings. The summed E-state index contributed by atoms with van der Waals surface area (Å²) in [6.45, 7) is 1.97. The van der Waals surface area contributed by atoms with Crippen LogP contribution in [0.5, 0.6) is 0 Å². The van der Waals surface area contributed by atoms with Gasteiger partial charge in [-0.2, -0.15) is 0 Å². The van der Waals surface area contributed by atoms with Gasteiger partial charge in [0.25, 0.3) is 0 Å². The van der Waals surface area contributed by atoms with Gasteiger partial charge in [-0.15, -0.1) is 11.3 Å². The second-order valence-corrected chi connectivity index (χ2v) is 9.70. The van der Waals surface area contributed by atoms with Crippen LogP contribution in [0.1, 0.15) is 47.0 Å². The van der Waals surface area contributed by atoms with E-state index in [0.717, 1.165) is 42.5 Å². The van der Waals surface area contributed by atoms with E-state index in [1.54, 1.807) is 25.1 Å². The average molecular weight is 422 g/mol. The van der Waals surface area contributed by atoms with Gasteiger partial charge in [0.2, 0.25) is 5.91 Å². The molecule has 0 aliphatic heterocycles. The highest BCUT2D eigenvalue weighted by atomic mass is 32.2. The fourth-order valence-corrected chi connectivity index (χ4v) is 5.75. The Morgan fingerprint density at radius 2 is 1.82 bits per heavy atom. The molecule has 6 nitrogen and oxygen atoms in total. The van der Waals surface area contributed by atoms with Gasteiger partial charge in [0.05, 0.1) is 17.1 Å². The first-order chi connectivity index (χ1) is 13.4. The van der Waals surface area contributed by atoms with Crippen molar-refractivity contribution in [3.63, 3.8) is 0 Å². The molecule has 3 rings (SSSR count). The molecule has 0 fully saturated rings. The van der Waals surface area contributed by atoms with E-state index >= 15 is 0 Å². The van der Waals surface area contributed by atoms with Gasteiger partial charge in [0.1, 0.15) is 10.8 Å². The molecule has 0 atom stereocenters. The molecule has 1 aliphatic carbocycles. The topological polar surface area (TPSA) is 89.5 Å². The van der Waals surface area contributed by atoms with E-state index in [-0.39, 0.29) is 11.5 Å². The van der Waals surface area contributed by atoms with E-state index in [4.69, 9.17) is 4.74 Å². The van der Waals surface area contributed by atoms with Crippen molar-refractivity contribution in [2.45, 2.75) is 43.9 Å². The number of amides is 1. The number of esters is 1. The number of benzene rings is 1. The highest BCUT2D eigenvalue weighted by Gasteiger charge is 2.28. The van der Waals surface area contributed by atoms with Crippen LogP contribution in [0.2, 0.25) is 0 Å². The highest BCUT2D eigenvalue weighted by molar-refractivity contribution is 7.92. The lowest BCUT2D eigenvalue weighted by molar-refractivity contribution is -0.113. The van der Waals surface area contributed by atoms with Crippen LogP contribution in [0.15, 0.2) is 35.2 Å². The van der Waals surface area contributed by atoms with Crippen LogP contribution in [0.3, 0.4) is 0 Å². The molecule has 0 spiro atoms. The van der Waals surface area contributed by atoms with Gasteiger partial charge in [-0.3, -0.25) is 4.79 Å². The van der Waals surface area contributed by atoms with Gasteiger partial charge in [-0.25, -0.2) is 13.2 Å². The third kappa shape index (κ3) is 4.62. The SMILES string of the molecule is CCOC(=O)c1c(NC(=O)CS(=O)(=O)c2ccccc2)sc2c1CCCCC2. The normalized spacial score (nSPS) is 14.0. The van der Waals surface area contributed by atoms with Crippen molar-refractivity contribution >= 4 is 38.1 Å². The Hall–Kier alpha value is -2.19. The molecule has 0 radical (unpaired) electrons. The van der Waals surface area contributed by atoms with Crippen molar-refractivity contribution in [2.75, 3.05) is 17.7 Å². The van der Waals surface area contributed by atoms with Crippen LogP contribution in [0.25, 0.3) is 0 Å². The summed E-state index contributed by atoms with van der Waals surface area (Å²) in [5.74, 6) is -1.81. The molecule has 1 heterocycles. The predicted octanol–water partition coefficient (Wildman–Crippen LogP) is 3.61. The average Bonchev–Trinajstić information content (AvgIpc) is 2.82. The summed E-state index contributed by atoms with van der Waals surface area (Å²) in [6.07, 6.45) is 4.72. The molecule has 28 heavy (non-hydrogen) atoms. The Bertz CT molecular complexity index is 964. The fourth-order valence-electron chi connectivity index (χ4n) is 3.30. The Labute approximate surface area is 168 Å². The van der Waals surface area contributed by atoms with E-state index in [2.05, 4.69) is 5.32 Å².